The van der Waals surface area contributed by atoms with E-state index in [0.29, 0.717) is 17.9 Å². The maximum Gasteiger partial charge on any atom is 0.251 e. The Morgan fingerprint density at radius 2 is 2.24 bits per heavy atom. The van der Waals surface area contributed by atoms with E-state index in [1.807, 2.05) is 12.3 Å². The maximum absolute atomic E-state index is 12.4. The Hall–Kier alpha value is -1.07. The fourth-order valence-corrected chi connectivity index (χ4v) is 3.43. The van der Waals surface area contributed by atoms with Crippen molar-refractivity contribution in [2.45, 2.75) is 49.6 Å². The van der Waals surface area contributed by atoms with Crippen molar-refractivity contribution in [2.75, 3.05) is 12.9 Å². The molecular weight excluding hydrogens is 284 g/mol. The summed E-state index contributed by atoms with van der Waals surface area (Å²) in [6, 6.07) is 3.64. The number of pyridine rings is 1. The molecule has 1 aromatic heterocycles. The molecule has 1 saturated carbocycles. The molecule has 1 fully saturated rings. The first-order chi connectivity index (χ1) is 10.2. The van der Waals surface area contributed by atoms with Gasteiger partial charge in [0.15, 0.2) is 0 Å². The molecule has 0 aromatic carbocycles. The van der Waals surface area contributed by atoms with Crippen LogP contribution in [0.4, 0.5) is 0 Å². The lowest BCUT2D eigenvalue weighted by Crippen LogP contribution is -2.41. The first kappa shape index (κ1) is 16.3. The molecule has 0 aliphatic heterocycles. The van der Waals surface area contributed by atoms with E-state index in [1.54, 1.807) is 12.3 Å². The molecule has 1 aliphatic carbocycles. The molecule has 2 N–H and O–H groups in total. The van der Waals surface area contributed by atoms with Gasteiger partial charge >= 0.3 is 0 Å². The molecule has 2 rings (SSSR count). The minimum Gasteiger partial charge on any atom is -0.396 e. The fraction of sp³-hybridized carbons (Fsp3) is 0.625. The van der Waals surface area contributed by atoms with E-state index in [0.717, 1.165) is 17.9 Å². The van der Waals surface area contributed by atoms with Crippen molar-refractivity contribution in [3.8, 4) is 0 Å². The zero-order valence-corrected chi connectivity index (χ0v) is 13.4. The molecule has 0 radical (unpaired) electrons. The van der Waals surface area contributed by atoms with Crippen molar-refractivity contribution in [2.24, 2.45) is 5.92 Å². The number of rotatable bonds is 6. The average molecular weight is 308 g/mol. The molecule has 5 heteroatoms. The van der Waals surface area contributed by atoms with Crippen molar-refractivity contribution in [3.63, 3.8) is 0 Å². The number of aromatic nitrogens is 1. The number of carbonyl (C=O) groups is 1. The van der Waals surface area contributed by atoms with Gasteiger partial charge in [-0.2, -0.15) is 0 Å². The summed E-state index contributed by atoms with van der Waals surface area (Å²) in [5.74, 6) is 0.438. The van der Waals surface area contributed by atoms with Crippen LogP contribution in [0.5, 0.6) is 0 Å². The number of carbonyl (C=O) groups excluding carboxylic acids is 1. The minimum absolute atomic E-state index is 0.0586. The smallest absolute Gasteiger partial charge is 0.251 e. The highest BCUT2D eigenvalue weighted by Gasteiger charge is 2.25. The lowest BCUT2D eigenvalue weighted by molar-refractivity contribution is 0.0899. The molecule has 21 heavy (non-hydrogen) atoms. The molecule has 1 aliphatic rings. The summed E-state index contributed by atoms with van der Waals surface area (Å²) in [5, 5.41) is 13.2. The Labute approximate surface area is 130 Å². The second kappa shape index (κ2) is 8.39. The van der Waals surface area contributed by atoms with E-state index in [1.165, 1.54) is 31.0 Å². The predicted octanol–water partition coefficient (Wildman–Crippen LogP) is 2.86. The lowest BCUT2D eigenvalue weighted by Gasteiger charge is -2.30. The molecule has 4 nitrogen and oxygen atoms in total. The second-order valence-electron chi connectivity index (χ2n) is 5.58. The van der Waals surface area contributed by atoms with Crippen LogP contribution in [-0.2, 0) is 0 Å². The molecular formula is C16H24N2O2S. The Balaban J connectivity index is 2.02. The van der Waals surface area contributed by atoms with Crippen LogP contribution in [0, 0.1) is 5.92 Å². The van der Waals surface area contributed by atoms with Crippen molar-refractivity contribution in [1.29, 1.82) is 0 Å². The summed E-state index contributed by atoms with van der Waals surface area (Å²) in [7, 11) is 0. The van der Waals surface area contributed by atoms with Crippen molar-refractivity contribution in [1.82, 2.24) is 10.3 Å². The van der Waals surface area contributed by atoms with E-state index in [2.05, 4.69) is 10.3 Å². The van der Waals surface area contributed by atoms with Crippen LogP contribution >= 0.6 is 11.8 Å². The topological polar surface area (TPSA) is 62.2 Å². The molecule has 1 aromatic rings. The standard InChI is InChI=1S/C16H24N2O2S/c1-21-15-11-13(7-9-17-15)16(20)18-14(8-10-19)12-5-3-2-4-6-12/h7,9,11-12,14,19H,2-6,8,10H2,1H3,(H,18,20). The Morgan fingerprint density at radius 3 is 2.90 bits per heavy atom. The summed E-state index contributed by atoms with van der Waals surface area (Å²) in [6.45, 7) is 0.119. The first-order valence-electron chi connectivity index (χ1n) is 7.66. The maximum atomic E-state index is 12.4. The van der Waals surface area contributed by atoms with Gasteiger partial charge in [-0.1, -0.05) is 19.3 Å². The normalized spacial score (nSPS) is 17.4. The van der Waals surface area contributed by atoms with E-state index in [-0.39, 0.29) is 18.6 Å². The molecule has 0 bridgehead atoms. The van der Waals surface area contributed by atoms with Crippen LogP contribution in [-0.4, -0.2) is 34.9 Å². The summed E-state index contributed by atoms with van der Waals surface area (Å²) in [6.07, 6.45) is 10.3. The zero-order valence-electron chi connectivity index (χ0n) is 12.5. The van der Waals surface area contributed by atoms with Gasteiger partial charge in [-0.25, -0.2) is 4.98 Å². The number of aliphatic hydroxyl groups is 1. The van der Waals surface area contributed by atoms with E-state index < -0.39 is 0 Å². The number of amides is 1. The number of nitrogens with zero attached hydrogens (tertiary/aromatic N) is 1. The molecule has 1 amide bonds. The lowest BCUT2D eigenvalue weighted by atomic mass is 9.82. The summed E-state index contributed by atoms with van der Waals surface area (Å²) < 4.78 is 0. The van der Waals surface area contributed by atoms with Gasteiger partial charge in [-0.05, 0) is 43.6 Å². The van der Waals surface area contributed by atoms with Crippen LogP contribution in [0.15, 0.2) is 23.4 Å². The highest BCUT2D eigenvalue weighted by molar-refractivity contribution is 7.98. The van der Waals surface area contributed by atoms with Crippen molar-refractivity contribution >= 4 is 17.7 Å². The summed E-state index contributed by atoms with van der Waals surface area (Å²) in [5.41, 5.74) is 0.646. The minimum atomic E-state index is -0.0586. The van der Waals surface area contributed by atoms with Gasteiger partial charge < -0.3 is 10.4 Å². The summed E-state index contributed by atoms with van der Waals surface area (Å²) >= 11 is 1.53. The third kappa shape index (κ3) is 4.71. The van der Waals surface area contributed by atoms with Crippen LogP contribution < -0.4 is 5.32 Å². The van der Waals surface area contributed by atoms with Gasteiger partial charge in [0.05, 0.1) is 5.03 Å². The van der Waals surface area contributed by atoms with Gasteiger partial charge in [-0.15, -0.1) is 11.8 Å². The number of hydrogen-bond acceptors (Lipinski definition) is 4. The first-order valence-corrected chi connectivity index (χ1v) is 8.89. The fourth-order valence-electron chi connectivity index (χ4n) is 3.02. The molecule has 1 unspecified atom stereocenters. The number of nitrogens with one attached hydrogen (secondary N) is 1. The number of aliphatic hydroxyl groups excluding tert-OH is 1. The van der Waals surface area contributed by atoms with Gasteiger partial charge in [0.25, 0.3) is 5.91 Å². The molecule has 0 spiro atoms. The van der Waals surface area contributed by atoms with Crippen LogP contribution in [0.1, 0.15) is 48.9 Å². The third-order valence-corrected chi connectivity index (χ3v) is 4.82. The Bertz CT molecular complexity index is 461. The van der Waals surface area contributed by atoms with Gasteiger partial charge in [0, 0.05) is 24.4 Å². The highest BCUT2D eigenvalue weighted by Crippen LogP contribution is 2.28. The highest BCUT2D eigenvalue weighted by atomic mass is 32.2. The van der Waals surface area contributed by atoms with Crippen LogP contribution in [0.2, 0.25) is 0 Å². The quantitative estimate of drug-likeness (QED) is 0.793. The van der Waals surface area contributed by atoms with Crippen molar-refractivity contribution in [3.05, 3.63) is 23.9 Å². The number of hydrogen-bond donors (Lipinski definition) is 2. The van der Waals surface area contributed by atoms with Crippen LogP contribution in [0.3, 0.4) is 0 Å². The van der Waals surface area contributed by atoms with E-state index in [4.69, 9.17) is 0 Å². The van der Waals surface area contributed by atoms with Gasteiger partial charge in [0.2, 0.25) is 0 Å². The largest absolute Gasteiger partial charge is 0.396 e. The van der Waals surface area contributed by atoms with Crippen LogP contribution in [0.25, 0.3) is 0 Å². The second-order valence-corrected chi connectivity index (χ2v) is 6.40. The van der Waals surface area contributed by atoms with E-state index >= 15 is 0 Å². The number of thioether (sulfide) groups is 1. The monoisotopic (exact) mass is 308 g/mol. The molecule has 116 valence electrons. The van der Waals surface area contributed by atoms with Crippen molar-refractivity contribution < 1.29 is 9.90 Å². The molecule has 1 heterocycles. The SMILES string of the molecule is CSc1cc(C(=O)NC(CCO)C2CCCCC2)ccn1. The average Bonchev–Trinajstić information content (AvgIpc) is 2.55. The van der Waals surface area contributed by atoms with Gasteiger partial charge in [-0.3, -0.25) is 4.79 Å². The molecule has 1 atom stereocenters. The summed E-state index contributed by atoms with van der Waals surface area (Å²) in [4.78, 5) is 16.6. The zero-order chi connectivity index (χ0) is 15.1. The Kier molecular flexibility index (Phi) is 6.51. The Morgan fingerprint density at radius 1 is 1.48 bits per heavy atom. The van der Waals surface area contributed by atoms with Gasteiger partial charge in [0.1, 0.15) is 0 Å². The predicted molar refractivity (Wildman–Crippen MR) is 85.6 cm³/mol. The molecule has 0 saturated heterocycles. The third-order valence-electron chi connectivity index (χ3n) is 4.18. The van der Waals surface area contributed by atoms with E-state index in [9.17, 15) is 9.90 Å².